The third-order valence-corrected chi connectivity index (χ3v) is 5.29. The molecule has 140 valence electrons. The summed E-state index contributed by atoms with van der Waals surface area (Å²) in [6.45, 7) is 4.19. The molecular formula is C21H22ClN3OS. The average Bonchev–Trinajstić information content (AvgIpc) is 3.06. The highest BCUT2D eigenvalue weighted by Gasteiger charge is 2.13. The van der Waals surface area contributed by atoms with Crippen LogP contribution in [0.3, 0.4) is 0 Å². The van der Waals surface area contributed by atoms with Crippen LogP contribution in [0.1, 0.15) is 21.7 Å². The molecule has 0 unspecified atom stereocenters. The normalized spacial score (nSPS) is 10.9. The molecule has 1 N–H and O–H groups in total. The number of thiophene rings is 1. The molecule has 2 aromatic heterocycles. The predicted octanol–water partition coefficient (Wildman–Crippen LogP) is 4.42. The second kappa shape index (κ2) is 9.65. The lowest BCUT2D eigenvalue weighted by Crippen LogP contribution is -2.36. The molecule has 1 aromatic carbocycles. The van der Waals surface area contributed by atoms with Gasteiger partial charge in [-0.1, -0.05) is 47.5 Å². The number of hydrogen-bond acceptors (Lipinski definition) is 4. The second-order valence-electron chi connectivity index (χ2n) is 6.44. The summed E-state index contributed by atoms with van der Waals surface area (Å²) in [5, 5.41) is 2.98. The fraction of sp³-hybridized carbons (Fsp3) is 0.238. The smallest absolute Gasteiger partial charge is 0.234 e. The van der Waals surface area contributed by atoms with Crippen LogP contribution in [-0.2, 0) is 24.4 Å². The van der Waals surface area contributed by atoms with Crippen molar-refractivity contribution in [2.75, 3.05) is 6.54 Å². The number of benzene rings is 1. The van der Waals surface area contributed by atoms with E-state index in [1.807, 2.05) is 36.4 Å². The SMILES string of the molecule is Cc1cccc(CN(CC(=O)NCc2ccc(Cl)s2)Cc2ccccn2)c1. The number of carbonyl (C=O) groups is 1. The van der Waals surface area contributed by atoms with Gasteiger partial charge in [0, 0.05) is 24.2 Å². The number of pyridine rings is 1. The van der Waals surface area contributed by atoms with Crippen LogP contribution >= 0.6 is 22.9 Å². The Labute approximate surface area is 168 Å². The van der Waals surface area contributed by atoms with Crippen molar-refractivity contribution in [3.05, 3.63) is 86.8 Å². The van der Waals surface area contributed by atoms with Crippen LogP contribution in [0, 0.1) is 6.92 Å². The lowest BCUT2D eigenvalue weighted by molar-refractivity contribution is -0.122. The zero-order valence-electron chi connectivity index (χ0n) is 15.2. The molecule has 1 amide bonds. The molecule has 6 heteroatoms. The van der Waals surface area contributed by atoms with E-state index in [1.54, 1.807) is 6.20 Å². The number of nitrogens with zero attached hydrogens (tertiary/aromatic N) is 2. The zero-order chi connectivity index (χ0) is 19.1. The molecule has 0 saturated heterocycles. The molecular weight excluding hydrogens is 378 g/mol. The predicted molar refractivity (Wildman–Crippen MR) is 111 cm³/mol. The summed E-state index contributed by atoms with van der Waals surface area (Å²) >= 11 is 7.43. The molecule has 3 rings (SSSR count). The van der Waals surface area contributed by atoms with Gasteiger partial charge in [-0.2, -0.15) is 0 Å². The van der Waals surface area contributed by atoms with Gasteiger partial charge in [-0.25, -0.2) is 0 Å². The van der Waals surface area contributed by atoms with E-state index in [-0.39, 0.29) is 5.91 Å². The first-order valence-corrected chi connectivity index (χ1v) is 9.96. The minimum absolute atomic E-state index is 0.0110. The number of nitrogens with one attached hydrogen (secondary N) is 1. The Morgan fingerprint density at radius 2 is 2.04 bits per heavy atom. The molecule has 27 heavy (non-hydrogen) atoms. The Hall–Kier alpha value is -2.21. The van der Waals surface area contributed by atoms with Gasteiger partial charge in [-0.3, -0.25) is 14.7 Å². The Kier molecular flexibility index (Phi) is 6.98. The van der Waals surface area contributed by atoms with E-state index in [2.05, 4.69) is 40.3 Å². The highest BCUT2D eigenvalue weighted by atomic mass is 35.5. The van der Waals surface area contributed by atoms with Gasteiger partial charge in [0.25, 0.3) is 0 Å². The summed E-state index contributed by atoms with van der Waals surface area (Å²) < 4.78 is 0.732. The first-order chi connectivity index (χ1) is 13.1. The molecule has 0 fully saturated rings. The van der Waals surface area contributed by atoms with E-state index in [9.17, 15) is 4.79 Å². The summed E-state index contributed by atoms with van der Waals surface area (Å²) in [6, 6.07) is 18.0. The Morgan fingerprint density at radius 1 is 1.15 bits per heavy atom. The molecule has 0 bridgehead atoms. The van der Waals surface area contributed by atoms with Gasteiger partial charge in [-0.15, -0.1) is 11.3 Å². The number of aryl methyl sites for hydroxylation is 1. The minimum Gasteiger partial charge on any atom is -0.350 e. The molecule has 2 heterocycles. The lowest BCUT2D eigenvalue weighted by atomic mass is 10.1. The Morgan fingerprint density at radius 3 is 2.74 bits per heavy atom. The zero-order valence-corrected chi connectivity index (χ0v) is 16.8. The first-order valence-electron chi connectivity index (χ1n) is 8.77. The van der Waals surface area contributed by atoms with E-state index in [0.29, 0.717) is 26.2 Å². The van der Waals surface area contributed by atoms with E-state index in [0.717, 1.165) is 14.9 Å². The van der Waals surface area contributed by atoms with Crippen molar-refractivity contribution in [3.63, 3.8) is 0 Å². The van der Waals surface area contributed by atoms with Crippen LogP contribution in [-0.4, -0.2) is 22.3 Å². The second-order valence-corrected chi connectivity index (χ2v) is 8.24. The molecule has 0 aliphatic rings. The maximum atomic E-state index is 12.5. The van der Waals surface area contributed by atoms with Crippen molar-refractivity contribution in [1.29, 1.82) is 0 Å². The summed E-state index contributed by atoms with van der Waals surface area (Å²) in [7, 11) is 0. The third kappa shape index (κ3) is 6.47. The van der Waals surface area contributed by atoms with E-state index in [4.69, 9.17) is 11.6 Å². The number of amides is 1. The molecule has 0 aliphatic heterocycles. The number of hydrogen-bond donors (Lipinski definition) is 1. The number of halogens is 1. The van der Waals surface area contributed by atoms with Gasteiger partial charge >= 0.3 is 0 Å². The summed E-state index contributed by atoms with van der Waals surface area (Å²) in [5.74, 6) is -0.0110. The fourth-order valence-corrected chi connectivity index (χ4v) is 3.88. The molecule has 0 spiro atoms. The molecule has 0 saturated carbocycles. The van der Waals surface area contributed by atoms with E-state index >= 15 is 0 Å². The van der Waals surface area contributed by atoms with E-state index in [1.165, 1.54) is 22.5 Å². The summed E-state index contributed by atoms with van der Waals surface area (Å²) in [4.78, 5) is 20.0. The number of rotatable bonds is 8. The summed E-state index contributed by atoms with van der Waals surface area (Å²) in [5.41, 5.74) is 3.34. The van der Waals surface area contributed by atoms with Crippen LogP contribution in [0.4, 0.5) is 0 Å². The maximum absolute atomic E-state index is 12.5. The maximum Gasteiger partial charge on any atom is 0.234 e. The van der Waals surface area contributed by atoms with Crippen molar-refractivity contribution in [2.45, 2.75) is 26.6 Å². The number of aromatic nitrogens is 1. The standard InChI is InChI=1S/C21H22ClN3OS/c1-16-5-4-6-17(11-16)13-25(14-18-7-2-3-10-23-18)15-21(26)24-12-19-8-9-20(22)27-19/h2-11H,12-15H2,1H3,(H,24,26). The van der Waals surface area contributed by atoms with E-state index < -0.39 is 0 Å². The van der Waals surface area contributed by atoms with Crippen LogP contribution in [0.2, 0.25) is 4.34 Å². The third-order valence-electron chi connectivity index (χ3n) is 4.06. The van der Waals surface area contributed by atoms with Crippen molar-refractivity contribution in [2.24, 2.45) is 0 Å². The monoisotopic (exact) mass is 399 g/mol. The van der Waals surface area contributed by atoms with Gasteiger partial charge in [0.2, 0.25) is 5.91 Å². The number of carbonyl (C=O) groups excluding carboxylic acids is 1. The fourth-order valence-electron chi connectivity index (χ4n) is 2.85. The molecule has 0 radical (unpaired) electrons. The van der Waals surface area contributed by atoms with Gasteiger partial charge in [0.1, 0.15) is 0 Å². The highest BCUT2D eigenvalue weighted by molar-refractivity contribution is 7.16. The highest BCUT2D eigenvalue weighted by Crippen LogP contribution is 2.21. The van der Waals surface area contributed by atoms with Gasteiger partial charge in [0.05, 0.1) is 23.1 Å². The van der Waals surface area contributed by atoms with Crippen LogP contribution in [0.25, 0.3) is 0 Å². The summed E-state index contributed by atoms with van der Waals surface area (Å²) in [6.07, 6.45) is 1.78. The van der Waals surface area contributed by atoms with Crippen LogP contribution in [0.15, 0.2) is 60.8 Å². The van der Waals surface area contributed by atoms with Crippen molar-refractivity contribution in [3.8, 4) is 0 Å². The van der Waals surface area contributed by atoms with Gasteiger partial charge in [0.15, 0.2) is 0 Å². The minimum atomic E-state index is -0.0110. The molecule has 4 nitrogen and oxygen atoms in total. The Bertz CT molecular complexity index is 882. The first kappa shape index (κ1) is 19.5. The molecule has 0 atom stereocenters. The van der Waals surface area contributed by atoms with Crippen molar-refractivity contribution in [1.82, 2.24) is 15.2 Å². The lowest BCUT2D eigenvalue weighted by Gasteiger charge is -2.22. The Balaban J connectivity index is 1.63. The molecule has 0 aliphatic carbocycles. The van der Waals surface area contributed by atoms with Crippen molar-refractivity contribution >= 4 is 28.8 Å². The van der Waals surface area contributed by atoms with Crippen molar-refractivity contribution < 1.29 is 4.79 Å². The average molecular weight is 400 g/mol. The van der Waals surface area contributed by atoms with Crippen LogP contribution in [0.5, 0.6) is 0 Å². The van der Waals surface area contributed by atoms with Crippen LogP contribution < -0.4 is 5.32 Å². The van der Waals surface area contributed by atoms with Gasteiger partial charge < -0.3 is 5.32 Å². The largest absolute Gasteiger partial charge is 0.350 e. The quantitative estimate of drug-likeness (QED) is 0.609. The van der Waals surface area contributed by atoms with Gasteiger partial charge in [-0.05, 0) is 36.8 Å². The molecule has 3 aromatic rings. The topological polar surface area (TPSA) is 45.2 Å².